The summed E-state index contributed by atoms with van der Waals surface area (Å²) >= 11 is 0. The van der Waals surface area contributed by atoms with Crippen molar-refractivity contribution in [3.63, 3.8) is 0 Å². The highest BCUT2D eigenvalue weighted by Crippen LogP contribution is 2.24. The smallest absolute Gasteiger partial charge is 0.310 e. The summed E-state index contributed by atoms with van der Waals surface area (Å²) in [6.07, 6.45) is 0.188. The van der Waals surface area contributed by atoms with Crippen molar-refractivity contribution in [3.8, 4) is 5.75 Å². The van der Waals surface area contributed by atoms with Gasteiger partial charge in [0.2, 0.25) is 0 Å². The molecule has 0 saturated carbocycles. The van der Waals surface area contributed by atoms with Crippen LogP contribution in [0.25, 0.3) is 10.9 Å². The molecule has 0 aliphatic carbocycles. The van der Waals surface area contributed by atoms with Gasteiger partial charge in [0.1, 0.15) is 12.4 Å². The Kier molecular flexibility index (Phi) is 7.74. The second-order valence-corrected chi connectivity index (χ2v) is 7.70. The fourth-order valence-electron chi connectivity index (χ4n) is 2.72. The summed E-state index contributed by atoms with van der Waals surface area (Å²) in [7, 11) is 1.40. The van der Waals surface area contributed by atoms with Crippen LogP contribution in [0, 0.1) is 6.92 Å². The van der Waals surface area contributed by atoms with Crippen LogP contribution in [0.4, 0.5) is 0 Å². The highest BCUT2D eigenvalue weighted by molar-refractivity contribution is 5.85. The first-order valence-corrected chi connectivity index (χ1v) is 9.53. The number of aromatic nitrogens is 1. The van der Waals surface area contributed by atoms with Crippen molar-refractivity contribution in [2.45, 2.75) is 46.3 Å². The van der Waals surface area contributed by atoms with E-state index in [-0.39, 0.29) is 12.4 Å². The normalized spacial score (nSPS) is 10.8. The number of para-hydroxylation sites is 2. The van der Waals surface area contributed by atoms with E-state index in [1.54, 1.807) is 20.8 Å². The van der Waals surface area contributed by atoms with E-state index >= 15 is 0 Å². The molecule has 0 radical (unpaired) electrons. The monoisotopic (exact) mass is 395 g/mol. The SMILES string of the molecule is CC(C)(C)O.COC(=O)Cc1c(COc2ccccc2)nc2ccccc2c1C. The molecule has 0 aliphatic rings. The van der Waals surface area contributed by atoms with E-state index in [1.807, 2.05) is 61.5 Å². The fourth-order valence-corrected chi connectivity index (χ4v) is 2.72. The van der Waals surface area contributed by atoms with Crippen LogP contribution >= 0.6 is 0 Å². The molecule has 1 heterocycles. The molecule has 2 aromatic carbocycles. The van der Waals surface area contributed by atoms with Crippen LogP contribution in [0.15, 0.2) is 54.6 Å². The third-order valence-electron chi connectivity index (χ3n) is 4.03. The molecular weight excluding hydrogens is 366 g/mol. The summed E-state index contributed by atoms with van der Waals surface area (Å²) in [6.45, 7) is 7.54. The van der Waals surface area contributed by atoms with Crippen molar-refractivity contribution in [3.05, 3.63) is 71.4 Å². The van der Waals surface area contributed by atoms with E-state index in [1.165, 1.54) is 7.11 Å². The van der Waals surface area contributed by atoms with Gasteiger partial charge in [-0.25, -0.2) is 4.98 Å². The van der Waals surface area contributed by atoms with Crippen LogP contribution in [0.5, 0.6) is 5.75 Å². The van der Waals surface area contributed by atoms with Crippen molar-refractivity contribution in [1.29, 1.82) is 0 Å². The number of nitrogens with zero attached hydrogens (tertiary/aromatic N) is 1. The lowest BCUT2D eigenvalue weighted by Crippen LogP contribution is -2.12. The average Bonchev–Trinajstić information content (AvgIpc) is 2.68. The number of ether oxygens (including phenoxy) is 2. The van der Waals surface area contributed by atoms with Crippen LogP contribution in [0.1, 0.15) is 37.6 Å². The van der Waals surface area contributed by atoms with Gasteiger partial charge in [-0.15, -0.1) is 0 Å². The van der Waals surface area contributed by atoms with Gasteiger partial charge in [-0.1, -0.05) is 36.4 Å². The Labute approximate surface area is 172 Å². The zero-order chi connectivity index (χ0) is 21.4. The van der Waals surface area contributed by atoms with Gasteiger partial charge in [0, 0.05) is 5.39 Å². The zero-order valence-corrected chi connectivity index (χ0v) is 17.7. The quantitative estimate of drug-likeness (QED) is 0.639. The maximum absolute atomic E-state index is 11.8. The summed E-state index contributed by atoms with van der Waals surface area (Å²) in [6, 6.07) is 17.5. The number of aliphatic hydroxyl groups is 1. The predicted octanol–water partition coefficient (Wildman–Crippen LogP) is 4.61. The standard InChI is InChI=1S/C20H19NO3.C4H10O/c1-14-16-10-6-7-11-18(16)21-19(17(14)12-20(22)23-2)13-24-15-8-4-3-5-9-15;1-4(2,3)5/h3-11H,12-13H2,1-2H3;5H,1-3H3. The molecule has 154 valence electrons. The van der Waals surface area contributed by atoms with E-state index in [2.05, 4.69) is 0 Å². The number of hydrogen-bond acceptors (Lipinski definition) is 5. The minimum atomic E-state index is -0.500. The second-order valence-electron chi connectivity index (χ2n) is 7.70. The second kappa shape index (κ2) is 10.0. The van der Waals surface area contributed by atoms with Gasteiger partial charge in [-0.2, -0.15) is 0 Å². The average molecular weight is 395 g/mol. The number of esters is 1. The fraction of sp³-hybridized carbons (Fsp3) is 0.333. The van der Waals surface area contributed by atoms with Crippen molar-refractivity contribution < 1.29 is 19.4 Å². The third kappa shape index (κ3) is 7.20. The first kappa shape index (κ1) is 22.4. The number of methoxy groups -OCH3 is 1. The number of hydrogen-bond donors (Lipinski definition) is 1. The number of benzene rings is 2. The molecule has 0 atom stereocenters. The van der Waals surface area contributed by atoms with Gasteiger partial charge < -0.3 is 14.6 Å². The molecule has 5 heteroatoms. The van der Waals surface area contributed by atoms with Gasteiger partial charge >= 0.3 is 5.97 Å². The van der Waals surface area contributed by atoms with E-state index in [9.17, 15) is 4.79 Å². The lowest BCUT2D eigenvalue weighted by atomic mass is 9.99. The molecule has 0 amide bonds. The molecule has 0 spiro atoms. The molecular formula is C24H29NO4. The van der Waals surface area contributed by atoms with Gasteiger partial charge in [0.15, 0.2) is 0 Å². The molecule has 0 unspecified atom stereocenters. The van der Waals surface area contributed by atoms with Crippen LogP contribution in [-0.4, -0.2) is 28.8 Å². The highest BCUT2D eigenvalue weighted by Gasteiger charge is 2.16. The van der Waals surface area contributed by atoms with Crippen molar-refractivity contribution in [1.82, 2.24) is 4.98 Å². The molecule has 0 aliphatic heterocycles. The maximum atomic E-state index is 11.8. The first-order valence-electron chi connectivity index (χ1n) is 9.53. The molecule has 1 N–H and O–H groups in total. The molecule has 0 fully saturated rings. The Balaban J connectivity index is 0.000000537. The highest BCUT2D eigenvalue weighted by atomic mass is 16.5. The van der Waals surface area contributed by atoms with Gasteiger partial charge in [-0.3, -0.25) is 4.79 Å². The lowest BCUT2D eigenvalue weighted by Gasteiger charge is -2.15. The molecule has 0 bridgehead atoms. The summed E-state index contributed by atoms with van der Waals surface area (Å²) in [5.74, 6) is 0.491. The van der Waals surface area contributed by atoms with E-state index in [0.717, 1.165) is 33.5 Å². The lowest BCUT2D eigenvalue weighted by molar-refractivity contribution is -0.139. The van der Waals surface area contributed by atoms with Gasteiger partial charge in [0.05, 0.1) is 30.3 Å². The largest absolute Gasteiger partial charge is 0.487 e. The maximum Gasteiger partial charge on any atom is 0.310 e. The minimum absolute atomic E-state index is 0.188. The van der Waals surface area contributed by atoms with Crippen LogP contribution < -0.4 is 4.74 Å². The Bertz CT molecular complexity index is 940. The zero-order valence-electron chi connectivity index (χ0n) is 17.7. The Morgan fingerprint density at radius 3 is 2.24 bits per heavy atom. The van der Waals surface area contributed by atoms with Gasteiger partial charge in [0.25, 0.3) is 0 Å². The Hall–Kier alpha value is -2.92. The summed E-state index contributed by atoms with van der Waals surface area (Å²) in [4.78, 5) is 16.5. The van der Waals surface area contributed by atoms with Gasteiger partial charge in [-0.05, 0) is 57.0 Å². The molecule has 5 nitrogen and oxygen atoms in total. The number of pyridine rings is 1. The number of rotatable bonds is 5. The molecule has 3 aromatic rings. The van der Waals surface area contributed by atoms with Crippen LogP contribution in [-0.2, 0) is 22.6 Å². The summed E-state index contributed by atoms with van der Waals surface area (Å²) in [5, 5.41) is 9.56. The van der Waals surface area contributed by atoms with Crippen molar-refractivity contribution >= 4 is 16.9 Å². The molecule has 3 rings (SSSR count). The van der Waals surface area contributed by atoms with Crippen molar-refractivity contribution in [2.24, 2.45) is 0 Å². The number of carbonyl (C=O) groups is 1. The third-order valence-corrected chi connectivity index (χ3v) is 4.03. The molecule has 0 saturated heterocycles. The molecule has 1 aromatic heterocycles. The van der Waals surface area contributed by atoms with Crippen LogP contribution in [0.3, 0.4) is 0 Å². The molecule has 29 heavy (non-hydrogen) atoms. The Morgan fingerprint density at radius 1 is 1.03 bits per heavy atom. The first-order chi connectivity index (χ1) is 13.7. The van der Waals surface area contributed by atoms with E-state index in [0.29, 0.717) is 6.61 Å². The number of fused-ring (bicyclic) bond motifs is 1. The summed E-state index contributed by atoms with van der Waals surface area (Å²) < 4.78 is 10.7. The van der Waals surface area contributed by atoms with Crippen LogP contribution in [0.2, 0.25) is 0 Å². The minimum Gasteiger partial charge on any atom is -0.487 e. The number of carbonyl (C=O) groups excluding carboxylic acids is 1. The topological polar surface area (TPSA) is 68.7 Å². The predicted molar refractivity (Wildman–Crippen MR) is 115 cm³/mol. The Morgan fingerprint density at radius 2 is 1.62 bits per heavy atom. The van der Waals surface area contributed by atoms with E-state index < -0.39 is 5.60 Å². The van der Waals surface area contributed by atoms with E-state index in [4.69, 9.17) is 19.6 Å². The summed E-state index contributed by atoms with van der Waals surface area (Å²) in [5.41, 5.74) is 3.07. The number of aryl methyl sites for hydroxylation is 1. The van der Waals surface area contributed by atoms with Crippen molar-refractivity contribution in [2.75, 3.05) is 7.11 Å².